The first-order chi connectivity index (χ1) is 9.93. The van der Waals surface area contributed by atoms with Crippen molar-refractivity contribution >= 4 is 29.3 Å². The number of hydrogen-bond donors (Lipinski definition) is 3. The lowest BCUT2D eigenvalue weighted by Crippen LogP contribution is -2.30. The molecule has 1 unspecified atom stereocenters. The van der Waals surface area contributed by atoms with E-state index in [0.29, 0.717) is 23.6 Å². The monoisotopic (exact) mass is 312 g/mol. The van der Waals surface area contributed by atoms with Crippen LogP contribution in [0.15, 0.2) is 18.2 Å². The Morgan fingerprint density at radius 2 is 2.19 bits per heavy atom. The molecule has 0 saturated heterocycles. The first kappa shape index (κ1) is 17.3. The van der Waals surface area contributed by atoms with Gasteiger partial charge in [-0.2, -0.15) is 11.8 Å². The van der Waals surface area contributed by atoms with Gasteiger partial charge < -0.3 is 20.9 Å². The van der Waals surface area contributed by atoms with Crippen molar-refractivity contribution < 1.29 is 19.4 Å². The van der Waals surface area contributed by atoms with E-state index in [2.05, 4.69) is 5.32 Å². The highest BCUT2D eigenvalue weighted by Gasteiger charge is 2.12. The highest BCUT2D eigenvalue weighted by atomic mass is 32.2. The van der Waals surface area contributed by atoms with Crippen LogP contribution in [0, 0.1) is 6.92 Å². The fourth-order valence-corrected chi connectivity index (χ4v) is 2.43. The first-order valence-electron chi connectivity index (χ1n) is 6.44. The van der Waals surface area contributed by atoms with Gasteiger partial charge in [0, 0.05) is 0 Å². The van der Waals surface area contributed by atoms with Gasteiger partial charge in [0.15, 0.2) is 0 Å². The molecule has 0 aliphatic rings. The summed E-state index contributed by atoms with van der Waals surface area (Å²) in [4.78, 5) is 22.4. The number of carbonyl (C=O) groups excluding carboxylic acids is 1. The van der Waals surface area contributed by atoms with Crippen LogP contribution in [0.5, 0.6) is 5.75 Å². The van der Waals surface area contributed by atoms with Gasteiger partial charge in [0.25, 0.3) is 0 Å². The van der Waals surface area contributed by atoms with Gasteiger partial charge in [0.2, 0.25) is 5.91 Å². The summed E-state index contributed by atoms with van der Waals surface area (Å²) in [5.41, 5.74) is 7.03. The van der Waals surface area contributed by atoms with Crippen LogP contribution in [0.25, 0.3) is 0 Å². The summed E-state index contributed by atoms with van der Waals surface area (Å²) < 4.78 is 5.18. The van der Waals surface area contributed by atoms with Crippen LogP contribution in [0.4, 0.5) is 5.69 Å². The van der Waals surface area contributed by atoms with E-state index in [1.165, 1.54) is 11.8 Å². The number of rotatable bonds is 8. The second-order valence-electron chi connectivity index (χ2n) is 4.54. The third-order valence-corrected chi connectivity index (χ3v) is 3.74. The summed E-state index contributed by atoms with van der Waals surface area (Å²) in [7, 11) is 1.54. The minimum Gasteiger partial charge on any atom is -0.495 e. The van der Waals surface area contributed by atoms with E-state index < -0.39 is 12.0 Å². The van der Waals surface area contributed by atoms with Crippen molar-refractivity contribution in [3.8, 4) is 5.75 Å². The molecule has 0 aromatic heterocycles. The fourth-order valence-electron chi connectivity index (χ4n) is 1.60. The smallest absolute Gasteiger partial charge is 0.320 e. The van der Waals surface area contributed by atoms with Crippen LogP contribution in [-0.4, -0.2) is 41.6 Å². The number of carboxylic acid groups (broad SMARTS) is 1. The molecule has 0 spiro atoms. The number of aliphatic carboxylic acids is 1. The number of thioether (sulfide) groups is 1. The molecule has 1 aromatic rings. The number of benzene rings is 1. The van der Waals surface area contributed by atoms with Crippen LogP contribution >= 0.6 is 11.8 Å². The maximum atomic E-state index is 11.8. The quantitative estimate of drug-likeness (QED) is 0.628. The summed E-state index contributed by atoms with van der Waals surface area (Å²) in [6.07, 6.45) is 0.334. The zero-order valence-corrected chi connectivity index (χ0v) is 12.9. The molecule has 0 bridgehead atoms. The summed E-state index contributed by atoms with van der Waals surface area (Å²) in [6, 6.07) is 4.65. The predicted molar refractivity (Wildman–Crippen MR) is 83.9 cm³/mol. The summed E-state index contributed by atoms with van der Waals surface area (Å²) in [5.74, 6) is 0.180. The van der Waals surface area contributed by atoms with E-state index in [4.69, 9.17) is 15.6 Å². The molecule has 0 heterocycles. The van der Waals surface area contributed by atoms with Crippen molar-refractivity contribution in [1.82, 2.24) is 0 Å². The topological polar surface area (TPSA) is 102 Å². The summed E-state index contributed by atoms with van der Waals surface area (Å²) in [5, 5.41) is 11.4. The number of methoxy groups -OCH3 is 1. The van der Waals surface area contributed by atoms with Crippen LogP contribution in [-0.2, 0) is 9.59 Å². The Bertz CT molecular complexity index is 508. The molecule has 7 heteroatoms. The number of hydrogen-bond acceptors (Lipinski definition) is 5. The minimum absolute atomic E-state index is 0.159. The van der Waals surface area contributed by atoms with E-state index in [-0.39, 0.29) is 11.7 Å². The van der Waals surface area contributed by atoms with Gasteiger partial charge in [-0.05, 0) is 36.8 Å². The molecule has 0 aliphatic heterocycles. The first-order valence-corrected chi connectivity index (χ1v) is 7.60. The van der Waals surface area contributed by atoms with Gasteiger partial charge in [0.05, 0.1) is 18.6 Å². The zero-order valence-electron chi connectivity index (χ0n) is 12.1. The minimum atomic E-state index is -1.02. The number of anilines is 1. The third kappa shape index (κ3) is 6.05. The average molecular weight is 312 g/mol. The number of ether oxygens (including phenoxy) is 1. The molecule has 0 radical (unpaired) electrons. The van der Waals surface area contributed by atoms with E-state index >= 15 is 0 Å². The van der Waals surface area contributed by atoms with E-state index in [1.807, 2.05) is 19.1 Å². The Hall–Kier alpha value is -1.73. The van der Waals surface area contributed by atoms with Gasteiger partial charge in [-0.1, -0.05) is 6.07 Å². The number of aryl methyl sites for hydroxylation is 1. The lowest BCUT2D eigenvalue weighted by Gasteiger charge is -2.11. The van der Waals surface area contributed by atoms with Crippen molar-refractivity contribution in [1.29, 1.82) is 0 Å². The Morgan fingerprint density at radius 1 is 1.48 bits per heavy atom. The number of carbonyl (C=O) groups is 2. The van der Waals surface area contributed by atoms with Gasteiger partial charge >= 0.3 is 5.97 Å². The third-order valence-electron chi connectivity index (χ3n) is 2.75. The van der Waals surface area contributed by atoms with E-state index in [9.17, 15) is 9.59 Å². The van der Waals surface area contributed by atoms with Crippen molar-refractivity contribution in [3.63, 3.8) is 0 Å². The van der Waals surface area contributed by atoms with Crippen molar-refractivity contribution in [3.05, 3.63) is 23.8 Å². The summed E-state index contributed by atoms with van der Waals surface area (Å²) >= 11 is 1.35. The molecule has 4 N–H and O–H groups in total. The maximum absolute atomic E-state index is 11.8. The normalized spacial score (nSPS) is 11.8. The molecule has 1 aromatic carbocycles. The average Bonchev–Trinajstić information content (AvgIpc) is 2.43. The Kier molecular flexibility index (Phi) is 7.04. The molecule has 21 heavy (non-hydrogen) atoms. The molecule has 116 valence electrons. The second kappa shape index (κ2) is 8.53. The van der Waals surface area contributed by atoms with Gasteiger partial charge in [0.1, 0.15) is 11.8 Å². The molecule has 6 nitrogen and oxygen atoms in total. The number of nitrogens with two attached hydrogens (primary N) is 1. The fraction of sp³-hybridized carbons (Fsp3) is 0.429. The Morgan fingerprint density at radius 3 is 2.81 bits per heavy atom. The Balaban J connectivity index is 2.40. The summed E-state index contributed by atoms with van der Waals surface area (Å²) in [6.45, 7) is 1.93. The maximum Gasteiger partial charge on any atom is 0.320 e. The Labute approximate surface area is 128 Å². The molecular formula is C14H20N2O4S. The largest absolute Gasteiger partial charge is 0.495 e. The molecule has 0 saturated carbocycles. The van der Waals surface area contributed by atoms with Gasteiger partial charge in [-0.3, -0.25) is 9.59 Å². The molecule has 1 amide bonds. The lowest BCUT2D eigenvalue weighted by atomic mass is 10.2. The van der Waals surface area contributed by atoms with Crippen molar-refractivity contribution in [2.75, 3.05) is 23.9 Å². The SMILES string of the molecule is COc1ccc(C)cc1NC(=O)CSCCC(N)C(=O)O. The van der Waals surface area contributed by atoms with Crippen molar-refractivity contribution in [2.24, 2.45) is 5.73 Å². The van der Waals surface area contributed by atoms with E-state index in [1.54, 1.807) is 13.2 Å². The van der Waals surface area contributed by atoms with Gasteiger partial charge in [-0.25, -0.2) is 0 Å². The van der Waals surface area contributed by atoms with Gasteiger partial charge in [-0.15, -0.1) is 0 Å². The standard InChI is InChI=1S/C14H20N2O4S/c1-9-3-4-12(20-2)11(7-9)16-13(17)8-21-6-5-10(15)14(18)19/h3-4,7,10H,5-6,8,15H2,1-2H3,(H,16,17)(H,18,19). The van der Waals surface area contributed by atoms with Crippen LogP contribution < -0.4 is 15.8 Å². The molecule has 1 rings (SSSR count). The lowest BCUT2D eigenvalue weighted by molar-refractivity contribution is -0.138. The number of carboxylic acids is 1. The van der Waals surface area contributed by atoms with E-state index in [0.717, 1.165) is 5.56 Å². The highest BCUT2D eigenvalue weighted by Crippen LogP contribution is 2.25. The molecule has 0 aliphatic carbocycles. The number of nitrogens with one attached hydrogen (secondary N) is 1. The molecular weight excluding hydrogens is 292 g/mol. The van der Waals surface area contributed by atoms with Crippen LogP contribution in [0.1, 0.15) is 12.0 Å². The molecule has 0 fully saturated rings. The molecule has 1 atom stereocenters. The zero-order chi connectivity index (χ0) is 15.8. The van der Waals surface area contributed by atoms with Crippen molar-refractivity contribution in [2.45, 2.75) is 19.4 Å². The predicted octanol–water partition coefficient (Wildman–Crippen LogP) is 1.48. The second-order valence-corrected chi connectivity index (χ2v) is 5.64. The number of amides is 1. The highest BCUT2D eigenvalue weighted by molar-refractivity contribution is 7.99. The van der Waals surface area contributed by atoms with Crippen LogP contribution in [0.2, 0.25) is 0 Å². The van der Waals surface area contributed by atoms with Crippen LogP contribution in [0.3, 0.4) is 0 Å².